The van der Waals surface area contributed by atoms with E-state index in [0.717, 1.165) is 26.1 Å². The number of fused-ring (bicyclic) bond motifs is 1. The second-order valence-electron chi connectivity index (χ2n) is 6.56. The van der Waals surface area contributed by atoms with E-state index in [9.17, 15) is 4.79 Å². The van der Waals surface area contributed by atoms with Crippen molar-refractivity contribution in [3.8, 4) is 0 Å². The molecule has 1 aromatic rings. The third kappa shape index (κ3) is 2.06. The Labute approximate surface area is 113 Å². The summed E-state index contributed by atoms with van der Waals surface area (Å²) in [5.41, 5.74) is -0.176. The maximum atomic E-state index is 12.6. The van der Waals surface area contributed by atoms with E-state index in [1.165, 1.54) is 0 Å². The molecule has 2 aliphatic heterocycles. The lowest BCUT2D eigenvalue weighted by molar-refractivity contribution is 0.382. The van der Waals surface area contributed by atoms with Crippen molar-refractivity contribution in [2.45, 2.75) is 38.8 Å². The highest BCUT2D eigenvalue weighted by molar-refractivity contribution is 5.40. The lowest BCUT2D eigenvalue weighted by atomic mass is 10.1. The summed E-state index contributed by atoms with van der Waals surface area (Å²) in [5.74, 6) is 1.29. The number of aromatic nitrogens is 2. The Hall–Kier alpha value is -1.36. The summed E-state index contributed by atoms with van der Waals surface area (Å²) in [7, 11) is 0. The van der Waals surface area contributed by atoms with Crippen molar-refractivity contribution < 1.29 is 0 Å². The zero-order chi connectivity index (χ0) is 13.6. The SMILES string of the molecule is CC(C)(C)n1ccnc(N2CC[C@H]3CNC[C@H]32)c1=O. The Morgan fingerprint density at radius 1 is 1.37 bits per heavy atom. The minimum atomic E-state index is -0.207. The molecule has 1 N–H and O–H groups in total. The van der Waals surface area contributed by atoms with E-state index in [1.807, 2.05) is 20.8 Å². The van der Waals surface area contributed by atoms with E-state index in [1.54, 1.807) is 17.0 Å². The van der Waals surface area contributed by atoms with Gasteiger partial charge in [-0.25, -0.2) is 4.98 Å². The van der Waals surface area contributed by atoms with Crippen LogP contribution in [0.4, 0.5) is 5.82 Å². The van der Waals surface area contributed by atoms with Gasteiger partial charge in [-0.1, -0.05) is 0 Å². The first-order chi connectivity index (χ1) is 8.98. The van der Waals surface area contributed by atoms with Crippen molar-refractivity contribution >= 4 is 5.82 Å². The van der Waals surface area contributed by atoms with Crippen molar-refractivity contribution in [1.82, 2.24) is 14.9 Å². The number of nitrogens with one attached hydrogen (secondary N) is 1. The van der Waals surface area contributed by atoms with E-state index < -0.39 is 0 Å². The van der Waals surface area contributed by atoms with Gasteiger partial charge in [0.25, 0.3) is 5.56 Å². The Morgan fingerprint density at radius 2 is 2.16 bits per heavy atom. The highest BCUT2D eigenvalue weighted by Gasteiger charge is 2.39. The van der Waals surface area contributed by atoms with Crippen molar-refractivity contribution in [2.24, 2.45) is 5.92 Å². The van der Waals surface area contributed by atoms with Gasteiger partial charge in [-0.15, -0.1) is 0 Å². The zero-order valence-corrected chi connectivity index (χ0v) is 11.9. The molecular formula is C14H22N4O. The van der Waals surface area contributed by atoms with Crippen molar-refractivity contribution in [2.75, 3.05) is 24.5 Å². The summed E-state index contributed by atoms with van der Waals surface area (Å²) >= 11 is 0. The molecule has 0 saturated carbocycles. The van der Waals surface area contributed by atoms with Gasteiger partial charge in [-0.05, 0) is 33.1 Å². The zero-order valence-electron chi connectivity index (χ0n) is 11.9. The van der Waals surface area contributed by atoms with Gasteiger partial charge in [-0.2, -0.15) is 0 Å². The smallest absolute Gasteiger partial charge is 0.293 e. The first kappa shape index (κ1) is 12.7. The standard InChI is InChI=1S/C14H22N4O/c1-14(2,3)18-7-5-16-12(13(18)19)17-6-4-10-8-15-9-11(10)17/h5,7,10-11,15H,4,6,8-9H2,1-3H3/t10-,11+/m0/s1. The van der Waals surface area contributed by atoms with Gasteiger partial charge in [0.05, 0.1) is 0 Å². The Morgan fingerprint density at radius 3 is 2.89 bits per heavy atom. The fourth-order valence-corrected chi connectivity index (χ4v) is 3.24. The molecule has 0 spiro atoms. The Bertz CT molecular complexity index is 531. The van der Waals surface area contributed by atoms with Crippen LogP contribution in [-0.2, 0) is 5.54 Å². The van der Waals surface area contributed by atoms with E-state index in [4.69, 9.17) is 0 Å². The number of nitrogens with zero attached hydrogens (tertiary/aromatic N) is 3. The summed E-state index contributed by atoms with van der Waals surface area (Å²) < 4.78 is 1.78. The number of rotatable bonds is 1. The largest absolute Gasteiger partial charge is 0.347 e. The predicted octanol–water partition coefficient (Wildman–Crippen LogP) is 0.796. The summed E-state index contributed by atoms with van der Waals surface area (Å²) in [6.07, 6.45) is 4.69. The summed E-state index contributed by atoms with van der Waals surface area (Å²) in [4.78, 5) is 19.2. The van der Waals surface area contributed by atoms with Gasteiger partial charge >= 0.3 is 0 Å². The quantitative estimate of drug-likeness (QED) is 0.813. The van der Waals surface area contributed by atoms with Crippen LogP contribution in [0.3, 0.4) is 0 Å². The van der Waals surface area contributed by atoms with E-state index in [-0.39, 0.29) is 11.1 Å². The fraction of sp³-hybridized carbons (Fsp3) is 0.714. The van der Waals surface area contributed by atoms with Gasteiger partial charge in [0.1, 0.15) is 0 Å². The van der Waals surface area contributed by atoms with Crippen LogP contribution in [0.5, 0.6) is 0 Å². The highest BCUT2D eigenvalue weighted by atomic mass is 16.1. The van der Waals surface area contributed by atoms with Crippen LogP contribution in [0.1, 0.15) is 27.2 Å². The molecule has 2 saturated heterocycles. The third-order valence-electron chi connectivity index (χ3n) is 4.26. The molecule has 0 unspecified atom stereocenters. The minimum Gasteiger partial charge on any atom is -0.347 e. The fourth-order valence-electron chi connectivity index (χ4n) is 3.24. The van der Waals surface area contributed by atoms with E-state index in [0.29, 0.717) is 17.8 Å². The molecule has 0 amide bonds. The monoisotopic (exact) mass is 262 g/mol. The van der Waals surface area contributed by atoms with Crippen molar-refractivity contribution in [3.05, 3.63) is 22.7 Å². The van der Waals surface area contributed by atoms with Gasteiger partial charge in [0.15, 0.2) is 5.82 Å². The van der Waals surface area contributed by atoms with Crippen LogP contribution in [0.15, 0.2) is 17.2 Å². The van der Waals surface area contributed by atoms with Crippen LogP contribution < -0.4 is 15.8 Å². The second kappa shape index (κ2) is 4.34. The van der Waals surface area contributed by atoms with E-state index in [2.05, 4.69) is 15.2 Å². The lowest BCUT2D eigenvalue weighted by Gasteiger charge is -2.27. The van der Waals surface area contributed by atoms with Crippen LogP contribution >= 0.6 is 0 Å². The van der Waals surface area contributed by atoms with Gasteiger partial charge < -0.3 is 14.8 Å². The molecule has 104 valence electrons. The first-order valence-electron chi connectivity index (χ1n) is 7.04. The molecule has 0 radical (unpaired) electrons. The topological polar surface area (TPSA) is 50.2 Å². The maximum absolute atomic E-state index is 12.6. The van der Waals surface area contributed by atoms with E-state index >= 15 is 0 Å². The van der Waals surface area contributed by atoms with Crippen LogP contribution in [0.25, 0.3) is 0 Å². The molecule has 5 nitrogen and oxygen atoms in total. The minimum absolute atomic E-state index is 0.0301. The molecular weight excluding hydrogens is 240 g/mol. The van der Waals surface area contributed by atoms with Gasteiger partial charge in [0.2, 0.25) is 0 Å². The van der Waals surface area contributed by atoms with Crippen molar-refractivity contribution in [3.63, 3.8) is 0 Å². The normalized spacial score (nSPS) is 26.8. The summed E-state index contributed by atoms with van der Waals surface area (Å²) in [6, 6.07) is 0.441. The van der Waals surface area contributed by atoms with Crippen LogP contribution in [0, 0.1) is 5.92 Å². The lowest BCUT2D eigenvalue weighted by Crippen LogP contribution is -2.42. The average molecular weight is 262 g/mol. The second-order valence-corrected chi connectivity index (χ2v) is 6.56. The van der Waals surface area contributed by atoms with Crippen LogP contribution in [0.2, 0.25) is 0 Å². The molecule has 0 bridgehead atoms. The molecule has 2 aliphatic rings. The Balaban J connectivity index is 2.00. The van der Waals surface area contributed by atoms with Crippen molar-refractivity contribution in [1.29, 1.82) is 0 Å². The van der Waals surface area contributed by atoms with Crippen LogP contribution in [-0.4, -0.2) is 35.2 Å². The molecule has 0 aliphatic carbocycles. The predicted molar refractivity (Wildman–Crippen MR) is 75.6 cm³/mol. The third-order valence-corrected chi connectivity index (χ3v) is 4.26. The number of hydrogen-bond acceptors (Lipinski definition) is 4. The molecule has 0 aromatic carbocycles. The summed E-state index contributed by atoms with van der Waals surface area (Å²) in [6.45, 7) is 9.12. The molecule has 3 rings (SSSR count). The molecule has 2 fully saturated rings. The summed E-state index contributed by atoms with van der Waals surface area (Å²) in [5, 5.41) is 3.41. The average Bonchev–Trinajstić information content (AvgIpc) is 2.90. The first-order valence-corrected chi connectivity index (χ1v) is 7.04. The number of hydrogen-bond donors (Lipinski definition) is 1. The molecule has 2 atom stereocenters. The molecule has 1 aromatic heterocycles. The maximum Gasteiger partial charge on any atom is 0.293 e. The molecule has 3 heterocycles. The highest BCUT2D eigenvalue weighted by Crippen LogP contribution is 2.29. The molecule has 19 heavy (non-hydrogen) atoms. The van der Waals surface area contributed by atoms with Gasteiger partial charge in [0, 0.05) is 43.6 Å². The molecule has 5 heteroatoms. The van der Waals surface area contributed by atoms with Gasteiger partial charge in [-0.3, -0.25) is 4.79 Å². The number of anilines is 1. The Kier molecular flexibility index (Phi) is 2.89.